The molecular weight excluding hydrogens is 504 g/mol. The predicted molar refractivity (Wildman–Crippen MR) is 141 cm³/mol. The number of amides is 4. The molecule has 2 N–H and O–H groups in total. The summed E-state index contributed by atoms with van der Waals surface area (Å²) in [5.41, 5.74) is 4.52. The van der Waals surface area contributed by atoms with E-state index in [2.05, 4.69) is 22.1 Å². The summed E-state index contributed by atoms with van der Waals surface area (Å²) in [7, 11) is 0. The maximum atomic E-state index is 13.2. The second-order valence-corrected chi connectivity index (χ2v) is 10.5. The van der Waals surface area contributed by atoms with Crippen LogP contribution in [-0.2, 0) is 16.1 Å². The lowest BCUT2D eigenvalue weighted by atomic mass is 10.0. The van der Waals surface area contributed by atoms with Crippen LogP contribution in [0.15, 0.2) is 36.4 Å². The fraction of sp³-hybridized carbons (Fsp3) is 0.310. The maximum absolute atomic E-state index is 13.2. The number of rotatable bonds is 2. The van der Waals surface area contributed by atoms with Gasteiger partial charge in [0.25, 0.3) is 11.8 Å². The van der Waals surface area contributed by atoms with Crippen molar-refractivity contribution in [1.29, 1.82) is 0 Å². The molecule has 0 bridgehead atoms. The molecule has 8 nitrogen and oxygen atoms in total. The van der Waals surface area contributed by atoms with Crippen molar-refractivity contribution in [2.45, 2.75) is 38.8 Å². The molecule has 0 aliphatic carbocycles. The van der Waals surface area contributed by atoms with Crippen LogP contribution < -0.4 is 5.32 Å². The quantitative estimate of drug-likeness (QED) is 0.393. The Balaban J connectivity index is 1.13. The predicted octanol–water partition coefficient (Wildman–Crippen LogP) is 3.40. The number of carbonyl (C=O) groups is 4. The number of nitrogens with one attached hydrogen (secondary N) is 2. The van der Waals surface area contributed by atoms with Gasteiger partial charge in [0.2, 0.25) is 11.8 Å². The molecule has 2 fully saturated rings. The first-order chi connectivity index (χ1) is 18.3. The van der Waals surface area contributed by atoms with Gasteiger partial charge in [0, 0.05) is 59.0 Å². The van der Waals surface area contributed by atoms with E-state index in [1.54, 1.807) is 6.07 Å². The molecule has 2 unspecified atom stereocenters. The summed E-state index contributed by atoms with van der Waals surface area (Å²) < 4.78 is 0. The van der Waals surface area contributed by atoms with Crippen LogP contribution in [0.1, 0.15) is 56.8 Å². The third-order valence-corrected chi connectivity index (χ3v) is 7.89. The molecule has 0 spiro atoms. The molecule has 3 aliphatic rings. The van der Waals surface area contributed by atoms with Crippen molar-refractivity contribution in [3.63, 3.8) is 0 Å². The van der Waals surface area contributed by atoms with E-state index in [0.29, 0.717) is 42.3 Å². The number of aromatic amines is 1. The van der Waals surface area contributed by atoms with Crippen LogP contribution in [-0.4, -0.2) is 57.5 Å². The molecule has 3 aromatic rings. The van der Waals surface area contributed by atoms with Crippen molar-refractivity contribution >= 4 is 46.1 Å². The van der Waals surface area contributed by atoms with Crippen LogP contribution in [0.3, 0.4) is 0 Å². The van der Waals surface area contributed by atoms with Gasteiger partial charge in [0.15, 0.2) is 0 Å². The Morgan fingerprint density at radius 1 is 1.11 bits per heavy atom. The zero-order valence-corrected chi connectivity index (χ0v) is 21.5. The molecule has 2 aromatic carbocycles. The summed E-state index contributed by atoms with van der Waals surface area (Å²) in [6, 6.07) is 10.4. The van der Waals surface area contributed by atoms with E-state index >= 15 is 0 Å². The minimum Gasteiger partial charge on any atom is -0.350 e. The Labute approximate surface area is 224 Å². The molecule has 1 aromatic heterocycles. The highest BCUT2D eigenvalue weighted by Crippen LogP contribution is 2.29. The highest BCUT2D eigenvalue weighted by Gasteiger charge is 2.39. The first kappa shape index (κ1) is 24.3. The summed E-state index contributed by atoms with van der Waals surface area (Å²) in [5, 5.41) is 3.93. The average molecular weight is 529 g/mol. The van der Waals surface area contributed by atoms with Gasteiger partial charge in [-0.15, -0.1) is 0 Å². The fourth-order valence-corrected chi connectivity index (χ4v) is 5.75. The number of H-pyrrole nitrogens is 1. The Kier molecular flexibility index (Phi) is 5.96. The molecule has 38 heavy (non-hydrogen) atoms. The smallest absolute Gasteiger partial charge is 0.270 e. The summed E-state index contributed by atoms with van der Waals surface area (Å²) in [4.78, 5) is 56.5. The molecule has 0 saturated carbocycles. The Morgan fingerprint density at radius 3 is 2.76 bits per heavy atom. The van der Waals surface area contributed by atoms with E-state index in [0.717, 1.165) is 34.0 Å². The van der Waals surface area contributed by atoms with E-state index in [1.807, 2.05) is 42.2 Å². The van der Waals surface area contributed by atoms with Gasteiger partial charge in [-0.1, -0.05) is 29.5 Å². The molecule has 192 valence electrons. The number of piperidine rings is 1. The monoisotopic (exact) mass is 528 g/mol. The summed E-state index contributed by atoms with van der Waals surface area (Å²) >= 11 is 6.11. The Morgan fingerprint density at radius 2 is 1.95 bits per heavy atom. The second-order valence-electron chi connectivity index (χ2n) is 10.1. The van der Waals surface area contributed by atoms with Crippen molar-refractivity contribution in [2.24, 2.45) is 5.92 Å². The lowest BCUT2D eigenvalue weighted by molar-refractivity contribution is -0.136. The van der Waals surface area contributed by atoms with Crippen molar-refractivity contribution in [3.05, 3.63) is 69.4 Å². The maximum Gasteiger partial charge on any atom is 0.270 e. The van der Waals surface area contributed by atoms with E-state index < -0.39 is 11.9 Å². The van der Waals surface area contributed by atoms with E-state index in [9.17, 15) is 19.2 Å². The molecule has 4 amide bonds. The number of fused-ring (bicyclic) bond motifs is 2. The second kappa shape index (κ2) is 9.34. The number of hydrogen-bond donors (Lipinski definition) is 2. The van der Waals surface area contributed by atoms with Gasteiger partial charge in [-0.3, -0.25) is 24.5 Å². The molecular formula is C29H25ClN4O4. The van der Waals surface area contributed by atoms with Crippen molar-refractivity contribution in [3.8, 4) is 11.8 Å². The fourth-order valence-electron chi connectivity index (χ4n) is 5.58. The van der Waals surface area contributed by atoms with E-state index in [4.69, 9.17) is 11.6 Å². The van der Waals surface area contributed by atoms with Crippen LogP contribution in [0.2, 0.25) is 5.02 Å². The molecule has 9 heteroatoms. The summed E-state index contributed by atoms with van der Waals surface area (Å²) in [5.74, 6) is 5.60. The van der Waals surface area contributed by atoms with E-state index in [-0.39, 0.29) is 30.1 Å². The third-order valence-electron chi connectivity index (χ3n) is 7.65. The van der Waals surface area contributed by atoms with Gasteiger partial charge in [0.1, 0.15) is 11.7 Å². The van der Waals surface area contributed by atoms with Crippen LogP contribution in [0, 0.1) is 24.7 Å². The zero-order chi connectivity index (χ0) is 26.6. The van der Waals surface area contributed by atoms with Gasteiger partial charge in [-0.05, 0) is 61.2 Å². The van der Waals surface area contributed by atoms with Crippen LogP contribution in [0.5, 0.6) is 0 Å². The van der Waals surface area contributed by atoms with E-state index in [1.165, 1.54) is 4.90 Å². The first-order valence-corrected chi connectivity index (χ1v) is 13.0. The molecule has 4 heterocycles. The number of carbonyl (C=O) groups excluding carboxylic acids is 4. The van der Waals surface area contributed by atoms with Gasteiger partial charge in [-0.25, -0.2) is 0 Å². The van der Waals surface area contributed by atoms with Gasteiger partial charge in [0.05, 0.1) is 0 Å². The third kappa shape index (κ3) is 4.23. The normalized spacial score (nSPS) is 20.9. The Bertz CT molecular complexity index is 1600. The number of benzene rings is 2. The first-order valence-electron chi connectivity index (χ1n) is 12.6. The molecule has 3 aliphatic heterocycles. The Hall–Kier alpha value is -4.09. The molecule has 2 atom stereocenters. The number of halogens is 1. The van der Waals surface area contributed by atoms with Gasteiger partial charge in [-0.2, -0.15) is 0 Å². The standard InChI is InChI=1S/C29H25ClN4O4/c1-16-21-7-5-20(30)13-23(21)31-26(16)29(38)33-11-10-18(14-33)3-2-17-4-6-22-19(12-17)15-34(28(22)37)24-8-9-25(35)32-27(24)36/h4-7,12-13,18,24,31H,8-11,14-15H2,1H3,(H,32,35,36). The highest BCUT2D eigenvalue weighted by atomic mass is 35.5. The largest absolute Gasteiger partial charge is 0.350 e. The molecule has 2 saturated heterocycles. The summed E-state index contributed by atoms with van der Waals surface area (Å²) in [6.07, 6.45) is 1.35. The lowest BCUT2D eigenvalue weighted by Gasteiger charge is -2.29. The summed E-state index contributed by atoms with van der Waals surface area (Å²) in [6.45, 7) is 3.44. The number of imide groups is 1. The number of aromatic nitrogens is 1. The number of likely N-dealkylation sites (tertiary alicyclic amines) is 1. The minimum absolute atomic E-state index is 0.0382. The topological polar surface area (TPSA) is 103 Å². The van der Waals surface area contributed by atoms with Crippen LogP contribution in [0.25, 0.3) is 10.9 Å². The average Bonchev–Trinajstić information content (AvgIpc) is 3.58. The number of hydrogen-bond acceptors (Lipinski definition) is 4. The molecule has 0 radical (unpaired) electrons. The van der Waals surface area contributed by atoms with Crippen molar-refractivity contribution in [1.82, 2.24) is 20.1 Å². The van der Waals surface area contributed by atoms with Crippen LogP contribution >= 0.6 is 11.6 Å². The van der Waals surface area contributed by atoms with Crippen molar-refractivity contribution < 1.29 is 19.2 Å². The SMILES string of the molecule is Cc1c(C(=O)N2CCC(C#Cc3ccc4c(c3)CN(C3CCC(=O)NC3=O)C4=O)C2)[nH]c2cc(Cl)ccc12. The van der Waals surface area contributed by atoms with Gasteiger partial charge >= 0.3 is 0 Å². The lowest BCUT2D eigenvalue weighted by Crippen LogP contribution is -2.52. The highest BCUT2D eigenvalue weighted by molar-refractivity contribution is 6.31. The van der Waals surface area contributed by atoms with Crippen molar-refractivity contribution in [2.75, 3.05) is 13.1 Å². The van der Waals surface area contributed by atoms with Gasteiger partial charge < -0.3 is 14.8 Å². The van der Waals surface area contributed by atoms with Crippen LogP contribution in [0.4, 0.5) is 0 Å². The number of nitrogens with zero attached hydrogens (tertiary/aromatic N) is 2. The number of aryl methyl sites for hydroxylation is 1. The molecule has 6 rings (SSSR count). The zero-order valence-electron chi connectivity index (χ0n) is 20.8. The minimum atomic E-state index is -0.637.